The molecule has 1 heterocycles. The molecule has 0 aliphatic carbocycles. The zero-order valence-electron chi connectivity index (χ0n) is 12.1. The molecule has 0 saturated carbocycles. The number of anilines is 1. The number of fused-ring (bicyclic) bond motifs is 1. The second-order valence-electron chi connectivity index (χ2n) is 4.91. The van der Waals surface area contributed by atoms with Crippen LogP contribution in [0.3, 0.4) is 0 Å². The Morgan fingerprint density at radius 3 is 2.75 bits per heavy atom. The van der Waals surface area contributed by atoms with Gasteiger partial charge in [0, 0.05) is 17.7 Å². The van der Waals surface area contributed by atoms with Crippen molar-refractivity contribution in [3.63, 3.8) is 0 Å². The Labute approximate surface area is 140 Å². The molecule has 0 fully saturated rings. The molecule has 4 N–H and O–H groups in total. The summed E-state index contributed by atoms with van der Waals surface area (Å²) in [6.45, 7) is 0. The third-order valence-electron chi connectivity index (χ3n) is 3.34. The van der Waals surface area contributed by atoms with E-state index in [2.05, 4.69) is 15.3 Å². The number of nitrogens with zero attached hydrogens (tertiary/aromatic N) is 2. The highest BCUT2D eigenvalue weighted by atomic mass is 32.1. The van der Waals surface area contributed by atoms with Crippen LogP contribution in [0.25, 0.3) is 22.3 Å². The zero-order chi connectivity index (χ0) is 17.3. The largest absolute Gasteiger partial charge is 0.376 e. The molecular formula is C15H11N5O3S. The molecule has 0 radical (unpaired) electrons. The van der Waals surface area contributed by atoms with Crippen molar-refractivity contribution in [2.75, 3.05) is 5.32 Å². The molecule has 120 valence electrons. The SMILES string of the molecule is NC(=S)Nc1cc([N+](=O)[O-])ccc1-c1nc2ccccc2c(=O)[nH]1. The maximum absolute atomic E-state index is 12.2. The fourth-order valence-electron chi connectivity index (χ4n) is 2.30. The molecule has 0 aliphatic rings. The van der Waals surface area contributed by atoms with Crippen LogP contribution in [0.2, 0.25) is 0 Å². The van der Waals surface area contributed by atoms with Gasteiger partial charge < -0.3 is 16.0 Å². The lowest BCUT2D eigenvalue weighted by molar-refractivity contribution is -0.384. The molecule has 0 amide bonds. The molecule has 0 spiro atoms. The van der Waals surface area contributed by atoms with Crippen molar-refractivity contribution in [3.05, 3.63) is 62.9 Å². The van der Waals surface area contributed by atoms with Crippen LogP contribution in [-0.4, -0.2) is 20.0 Å². The number of nitro benzene ring substituents is 1. The zero-order valence-corrected chi connectivity index (χ0v) is 13.0. The minimum Gasteiger partial charge on any atom is -0.376 e. The molecule has 3 aromatic rings. The van der Waals surface area contributed by atoms with E-state index < -0.39 is 4.92 Å². The Morgan fingerprint density at radius 1 is 1.29 bits per heavy atom. The minimum absolute atomic E-state index is 0.0557. The highest BCUT2D eigenvalue weighted by Gasteiger charge is 2.15. The van der Waals surface area contributed by atoms with E-state index in [-0.39, 0.29) is 27.9 Å². The van der Waals surface area contributed by atoms with Crippen LogP contribution in [0.15, 0.2) is 47.3 Å². The van der Waals surface area contributed by atoms with Crippen LogP contribution in [0.4, 0.5) is 11.4 Å². The van der Waals surface area contributed by atoms with Gasteiger partial charge in [-0.3, -0.25) is 14.9 Å². The van der Waals surface area contributed by atoms with Crippen molar-refractivity contribution in [1.82, 2.24) is 9.97 Å². The van der Waals surface area contributed by atoms with Gasteiger partial charge in [0.15, 0.2) is 5.11 Å². The highest BCUT2D eigenvalue weighted by molar-refractivity contribution is 7.80. The van der Waals surface area contributed by atoms with E-state index in [0.717, 1.165) is 0 Å². The smallest absolute Gasteiger partial charge is 0.271 e. The molecule has 2 aromatic carbocycles. The van der Waals surface area contributed by atoms with E-state index in [0.29, 0.717) is 16.5 Å². The quantitative estimate of drug-likeness (QED) is 0.378. The Balaban J connectivity index is 2.23. The van der Waals surface area contributed by atoms with Crippen LogP contribution < -0.4 is 16.6 Å². The van der Waals surface area contributed by atoms with Crippen LogP contribution in [0.1, 0.15) is 0 Å². The van der Waals surface area contributed by atoms with E-state index in [4.69, 9.17) is 18.0 Å². The summed E-state index contributed by atoms with van der Waals surface area (Å²) in [5.74, 6) is 0.257. The van der Waals surface area contributed by atoms with Gasteiger partial charge in [-0.05, 0) is 30.4 Å². The minimum atomic E-state index is -0.537. The maximum Gasteiger partial charge on any atom is 0.271 e. The van der Waals surface area contributed by atoms with E-state index in [1.54, 1.807) is 24.3 Å². The third kappa shape index (κ3) is 2.92. The van der Waals surface area contributed by atoms with Crippen molar-refractivity contribution in [1.29, 1.82) is 0 Å². The van der Waals surface area contributed by atoms with Crippen LogP contribution in [0, 0.1) is 10.1 Å². The Hall–Kier alpha value is -3.33. The molecule has 3 rings (SSSR count). The Morgan fingerprint density at radius 2 is 2.04 bits per heavy atom. The second-order valence-corrected chi connectivity index (χ2v) is 5.35. The number of non-ortho nitro benzene ring substituents is 1. The van der Waals surface area contributed by atoms with Gasteiger partial charge in [-0.2, -0.15) is 0 Å². The van der Waals surface area contributed by atoms with E-state index in [9.17, 15) is 14.9 Å². The number of hydrogen-bond donors (Lipinski definition) is 3. The average Bonchev–Trinajstić information content (AvgIpc) is 2.54. The van der Waals surface area contributed by atoms with E-state index in [1.165, 1.54) is 18.2 Å². The number of nitrogens with one attached hydrogen (secondary N) is 2. The number of aromatic amines is 1. The van der Waals surface area contributed by atoms with Gasteiger partial charge >= 0.3 is 0 Å². The van der Waals surface area contributed by atoms with Gasteiger partial charge in [-0.25, -0.2) is 4.98 Å². The lowest BCUT2D eigenvalue weighted by atomic mass is 10.1. The molecule has 1 aromatic heterocycles. The molecule has 9 heteroatoms. The van der Waals surface area contributed by atoms with Crippen molar-refractivity contribution in [2.24, 2.45) is 5.73 Å². The summed E-state index contributed by atoms with van der Waals surface area (Å²) in [5.41, 5.74) is 6.27. The average molecular weight is 341 g/mol. The first-order valence-corrected chi connectivity index (χ1v) is 7.21. The van der Waals surface area contributed by atoms with Crippen molar-refractivity contribution < 1.29 is 4.92 Å². The standard InChI is InChI=1S/C15H11N5O3S/c16-15(24)18-12-7-8(20(22)23)5-6-9(12)13-17-11-4-2-1-3-10(11)14(21)19-13/h1-7H,(H3,16,18,24)(H,17,19,21). The van der Waals surface area contributed by atoms with Crippen molar-refractivity contribution in [3.8, 4) is 11.4 Å². The monoisotopic (exact) mass is 341 g/mol. The molecule has 0 atom stereocenters. The van der Waals surface area contributed by atoms with Gasteiger partial charge in [0.25, 0.3) is 11.2 Å². The molecule has 8 nitrogen and oxygen atoms in total. The van der Waals surface area contributed by atoms with Crippen LogP contribution in [-0.2, 0) is 0 Å². The third-order valence-corrected chi connectivity index (χ3v) is 3.44. The van der Waals surface area contributed by atoms with Crippen LogP contribution >= 0.6 is 12.2 Å². The number of H-pyrrole nitrogens is 1. The topological polar surface area (TPSA) is 127 Å². The second kappa shape index (κ2) is 6.05. The van der Waals surface area contributed by atoms with Gasteiger partial charge in [-0.1, -0.05) is 12.1 Å². The first kappa shape index (κ1) is 15.6. The summed E-state index contributed by atoms with van der Waals surface area (Å²) in [4.78, 5) is 29.7. The molecule has 0 aliphatic heterocycles. The number of aromatic nitrogens is 2. The van der Waals surface area contributed by atoms with E-state index in [1.807, 2.05) is 0 Å². The number of benzene rings is 2. The lowest BCUT2D eigenvalue weighted by Gasteiger charge is -2.10. The molecule has 0 saturated heterocycles. The van der Waals surface area contributed by atoms with Gasteiger partial charge in [-0.15, -0.1) is 0 Å². The first-order valence-electron chi connectivity index (χ1n) is 6.80. The summed E-state index contributed by atoms with van der Waals surface area (Å²) in [5, 5.41) is 14.0. The van der Waals surface area contributed by atoms with Gasteiger partial charge in [0.1, 0.15) is 5.82 Å². The molecule has 0 unspecified atom stereocenters. The number of para-hydroxylation sites is 1. The Kier molecular flexibility index (Phi) is 3.92. The Bertz CT molecular complexity index is 1030. The lowest BCUT2D eigenvalue weighted by Crippen LogP contribution is -2.20. The number of hydrogen-bond acceptors (Lipinski definition) is 5. The summed E-state index contributed by atoms with van der Waals surface area (Å²) in [7, 11) is 0. The van der Waals surface area contributed by atoms with Crippen molar-refractivity contribution in [2.45, 2.75) is 0 Å². The molecular weight excluding hydrogens is 330 g/mol. The van der Waals surface area contributed by atoms with Gasteiger partial charge in [0.2, 0.25) is 0 Å². The highest BCUT2D eigenvalue weighted by Crippen LogP contribution is 2.29. The maximum atomic E-state index is 12.2. The molecule has 24 heavy (non-hydrogen) atoms. The summed E-state index contributed by atoms with van der Waals surface area (Å²) >= 11 is 4.80. The number of nitro groups is 1. The number of nitrogens with two attached hydrogens (primary N) is 1. The first-order chi connectivity index (χ1) is 11.5. The summed E-state index contributed by atoms with van der Waals surface area (Å²) < 4.78 is 0. The predicted octanol–water partition coefficient (Wildman–Crippen LogP) is 2.15. The normalized spacial score (nSPS) is 10.5. The van der Waals surface area contributed by atoms with Crippen molar-refractivity contribution >= 4 is 39.6 Å². The molecule has 0 bridgehead atoms. The summed E-state index contributed by atoms with van der Waals surface area (Å²) in [6, 6.07) is 11.0. The van der Waals surface area contributed by atoms with Crippen LogP contribution in [0.5, 0.6) is 0 Å². The number of thiocarbonyl (C=S) groups is 1. The summed E-state index contributed by atoms with van der Waals surface area (Å²) in [6.07, 6.45) is 0. The van der Waals surface area contributed by atoms with E-state index >= 15 is 0 Å². The number of rotatable bonds is 3. The fraction of sp³-hybridized carbons (Fsp3) is 0. The van der Waals surface area contributed by atoms with Gasteiger partial charge in [0.05, 0.1) is 21.5 Å². The predicted molar refractivity (Wildman–Crippen MR) is 94.9 cm³/mol. The fourth-order valence-corrected chi connectivity index (χ4v) is 2.41.